The van der Waals surface area contributed by atoms with Crippen LogP contribution in [0.25, 0.3) is 10.9 Å². The van der Waals surface area contributed by atoms with Crippen molar-refractivity contribution in [3.63, 3.8) is 0 Å². The minimum atomic E-state index is -0.327. The number of benzene rings is 1. The molecule has 0 radical (unpaired) electrons. The molecule has 98 valence electrons. The quantitative estimate of drug-likeness (QED) is 0.850. The van der Waals surface area contributed by atoms with Crippen LogP contribution in [0, 0.1) is 0 Å². The summed E-state index contributed by atoms with van der Waals surface area (Å²) in [6, 6.07) is 8.83. The van der Waals surface area contributed by atoms with Crippen LogP contribution in [-0.2, 0) is 13.1 Å². The Morgan fingerprint density at radius 3 is 2.61 bits per heavy atom. The van der Waals surface area contributed by atoms with Gasteiger partial charge in [0.15, 0.2) is 0 Å². The first-order valence-electron chi connectivity index (χ1n) is 6.56. The number of hydrogen-bond donors (Lipinski definition) is 2. The van der Waals surface area contributed by atoms with Crippen LogP contribution in [0.1, 0.15) is 26.3 Å². The van der Waals surface area contributed by atoms with Crippen molar-refractivity contribution in [2.24, 2.45) is 0 Å². The normalized spacial score (nSPS) is 13.4. The molecule has 1 aromatic carbocycles. The molecule has 0 spiro atoms. The van der Waals surface area contributed by atoms with E-state index >= 15 is 0 Å². The van der Waals surface area contributed by atoms with Crippen LogP contribution in [0.3, 0.4) is 0 Å². The first-order valence-corrected chi connectivity index (χ1v) is 6.56. The number of para-hydroxylation sites is 1. The molecule has 0 saturated heterocycles. The third kappa shape index (κ3) is 2.92. The van der Waals surface area contributed by atoms with Crippen molar-refractivity contribution < 1.29 is 5.11 Å². The standard InChI is InChI=1S/C15H22N2O/c1-11(2)16-8-13-10-17(9-12(3)18)15-7-5-4-6-14(13)15/h4-7,10-12,16,18H,8-9H2,1-3H3. The van der Waals surface area contributed by atoms with Crippen molar-refractivity contribution in [3.05, 3.63) is 36.0 Å². The molecule has 1 heterocycles. The minimum absolute atomic E-state index is 0.327. The molecule has 0 aliphatic heterocycles. The van der Waals surface area contributed by atoms with Gasteiger partial charge in [-0.1, -0.05) is 32.0 Å². The Labute approximate surface area is 108 Å². The Balaban J connectivity index is 2.34. The molecule has 0 saturated carbocycles. The van der Waals surface area contributed by atoms with E-state index in [4.69, 9.17) is 0 Å². The Hall–Kier alpha value is -1.32. The molecule has 1 aromatic heterocycles. The third-order valence-corrected chi connectivity index (χ3v) is 3.03. The van der Waals surface area contributed by atoms with Gasteiger partial charge < -0.3 is 15.0 Å². The van der Waals surface area contributed by atoms with Crippen LogP contribution in [0.4, 0.5) is 0 Å². The van der Waals surface area contributed by atoms with E-state index in [-0.39, 0.29) is 6.10 Å². The summed E-state index contributed by atoms with van der Waals surface area (Å²) in [6.45, 7) is 7.62. The molecule has 0 amide bonds. The molecule has 3 heteroatoms. The summed E-state index contributed by atoms with van der Waals surface area (Å²) in [5.74, 6) is 0. The fourth-order valence-electron chi connectivity index (χ4n) is 2.21. The molecule has 18 heavy (non-hydrogen) atoms. The smallest absolute Gasteiger partial charge is 0.0691 e. The highest BCUT2D eigenvalue weighted by Crippen LogP contribution is 2.21. The monoisotopic (exact) mass is 246 g/mol. The summed E-state index contributed by atoms with van der Waals surface area (Å²) in [4.78, 5) is 0. The first-order chi connectivity index (χ1) is 8.58. The second-order valence-electron chi connectivity index (χ2n) is 5.21. The Bertz CT molecular complexity index is 514. The van der Waals surface area contributed by atoms with Crippen LogP contribution in [-0.4, -0.2) is 21.8 Å². The summed E-state index contributed by atoms with van der Waals surface area (Å²) >= 11 is 0. The lowest BCUT2D eigenvalue weighted by Crippen LogP contribution is -2.21. The van der Waals surface area contributed by atoms with Gasteiger partial charge in [0.1, 0.15) is 0 Å². The molecule has 3 nitrogen and oxygen atoms in total. The molecule has 0 aliphatic carbocycles. The molecule has 1 unspecified atom stereocenters. The lowest BCUT2D eigenvalue weighted by atomic mass is 10.1. The second-order valence-corrected chi connectivity index (χ2v) is 5.21. The fourth-order valence-corrected chi connectivity index (χ4v) is 2.21. The zero-order valence-corrected chi connectivity index (χ0v) is 11.4. The molecule has 1 atom stereocenters. The van der Waals surface area contributed by atoms with E-state index in [1.165, 1.54) is 16.5 Å². The topological polar surface area (TPSA) is 37.2 Å². The summed E-state index contributed by atoms with van der Waals surface area (Å²) in [5.41, 5.74) is 2.49. The van der Waals surface area contributed by atoms with Gasteiger partial charge in [0.25, 0.3) is 0 Å². The highest BCUT2D eigenvalue weighted by atomic mass is 16.3. The number of fused-ring (bicyclic) bond motifs is 1. The van der Waals surface area contributed by atoms with Gasteiger partial charge in [-0.15, -0.1) is 0 Å². The van der Waals surface area contributed by atoms with Gasteiger partial charge in [-0.2, -0.15) is 0 Å². The highest BCUT2D eigenvalue weighted by molar-refractivity contribution is 5.83. The van der Waals surface area contributed by atoms with E-state index in [2.05, 4.69) is 48.1 Å². The maximum atomic E-state index is 9.56. The highest BCUT2D eigenvalue weighted by Gasteiger charge is 2.09. The van der Waals surface area contributed by atoms with Crippen molar-refractivity contribution in [3.8, 4) is 0 Å². The average Bonchev–Trinajstić information content (AvgIpc) is 2.65. The van der Waals surface area contributed by atoms with Crippen LogP contribution in [0.15, 0.2) is 30.5 Å². The Kier molecular flexibility index (Phi) is 4.04. The van der Waals surface area contributed by atoms with E-state index in [9.17, 15) is 5.11 Å². The molecule has 2 aromatic rings. The maximum absolute atomic E-state index is 9.56. The fraction of sp³-hybridized carbons (Fsp3) is 0.467. The van der Waals surface area contributed by atoms with Gasteiger partial charge in [0.05, 0.1) is 6.10 Å². The van der Waals surface area contributed by atoms with Crippen LogP contribution < -0.4 is 5.32 Å². The van der Waals surface area contributed by atoms with Crippen LogP contribution in [0.2, 0.25) is 0 Å². The van der Waals surface area contributed by atoms with Gasteiger partial charge in [-0.3, -0.25) is 0 Å². The first kappa shape index (κ1) is 13.1. The number of aromatic nitrogens is 1. The molecule has 2 rings (SSSR count). The van der Waals surface area contributed by atoms with E-state index < -0.39 is 0 Å². The van der Waals surface area contributed by atoms with E-state index in [1.807, 2.05) is 13.0 Å². The third-order valence-electron chi connectivity index (χ3n) is 3.03. The molecular formula is C15H22N2O. The number of nitrogens with zero attached hydrogens (tertiary/aromatic N) is 1. The SMILES string of the molecule is CC(O)Cn1cc(CNC(C)C)c2ccccc21. The van der Waals surface area contributed by atoms with E-state index in [1.54, 1.807) is 0 Å². The van der Waals surface area contributed by atoms with Gasteiger partial charge in [0, 0.05) is 36.2 Å². The Morgan fingerprint density at radius 2 is 1.94 bits per heavy atom. The largest absolute Gasteiger partial charge is 0.392 e. The van der Waals surface area contributed by atoms with Crippen molar-refractivity contribution >= 4 is 10.9 Å². The molecule has 2 N–H and O–H groups in total. The number of nitrogens with one attached hydrogen (secondary N) is 1. The lowest BCUT2D eigenvalue weighted by molar-refractivity contribution is 0.175. The summed E-state index contributed by atoms with van der Waals surface area (Å²) in [6.07, 6.45) is 1.82. The van der Waals surface area contributed by atoms with Crippen molar-refractivity contribution in [1.82, 2.24) is 9.88 Å². The number of aliphatic hydroxyl groups excluding tert-OH is 1. The second kappa shape index (κ2) is 5.55. The van der Waals surface area contributed by atoms with E-state index in [0.717, 1.165) is 6.54 Å². The average molecular weight is 246 g/mol. The van der Waals surface area contributed by atoms with Gasteiger partial charge in [-0.05, 0) is 18.6 Å². The van der Waals surface area contributed by atoms with Crippen LogP contribution in [0.5, 0.6) is 0 Å². The zero-order chi connectivity index (χ0) is 13.1. The van der Waals surface area contributed by atoms with E-state index in [0.29, 0.717) is 12.6 Å². The van der Waals surface area contributed by atoms with Crippen molar-refractivity contribution in [2.75, 3.05) is 0 Å². The summed E-state index contributed by atoms with van der Waals surface area (Å²) < 4.78 is 2.14. The Morgan fingerprint density at radius 1 is 1.22 bits per heavy atom. The summed E-state index contributed by atoms with van der Waals surface area (Å²) in [5, 5.41) is 14.3. The van der Waals surface area contributed by atoms with Gasteiger partial charge in [0.2, 0.25) is 0 Å². The zero-order valence-electron chi connectivity index (χ0n) is 11.4. The molecule has 0 aliphatic rings. The predicted molar refractivity (Wildman–Crippen MR) is 75.6 cm³/mol. The minimum Gasteiger partial charge on any atom is -0.392 e. The lowest BCUT2D eigenvalue weighted by Gasteiger charge is -2.07. The molecule has 0 fully saturated rings. The number of hydrogen-bond acceptors (Lipinski definition) is 2. The van der Waals surface area contributed by atoms with Crippen LogP contribution >= 0.6 is 0 Å². The van der Waals surface area contributed by atoms with Crippen molar-refractivity contribution in [2.45, 2.75) is 46.0 Å². The molecular weight excluding hydrogens is 224 g/mol. The van der Waals surface area contributed by atoms with Gasteiger partial charge in [-0.25, -0.2) is 0 Å². The van der Waals surface area contributed by atoms with Gasteiger partial charge >= 0.3 is 0 Å². The maximum Gasteiger partial charge on any atom is 0.0691 e. The molecule has 0 bridgehead atoms. The summed E-state index contributed by atoms with van der Waals surface area (Å²) in [7, 11) is 0. The van der Waals surface area contributed by atoms with Crippen molar-refractivity contribution in [1.29, 1.82) is 0 Å². The number of rotatable bonds is 5. The number of aliphatic hydroxyl groups is 1. The predicted octanol–water partition coefficient (Wildman–Crippen LogP) is 2.52.